The van der Waals surface area contributed by atoms with Crippen LogP contribution in [-0.4, -0.2) is 18.4 Å². The number of rotatable bonds is 2. The first kappa shape index (κ1) is 6.75. The van der Waals surface area contributed by atoms with Crippen molar-refractivity contribution < 1.29 is 4.79 Å². The second kappa shape index (κ2) is 2.48. The van der Waals surface area contributed by atoms with Gasteiger partial charge in [-0.25, -0.2) is 0 Å². The highest BCUT2D eigenvalue weighted by Gasteiger charge is 2.25. The smallest absolute Gasteiger partial charge is 0.152 e. The Hall–Kier alpha value is -0.370. The number of ketones is 1. The minimum absolute atomic E-state index is 0.185. The number of hydrogen-bond donors (Lipinski definition) is 1. The third-order valence-electron chi connectivity index (χ3n) is 1.74. The summed E-state index contributed by atoms with van der Waals surface area (Å²) in [6, 6.07) is 0.185. The topological polar surface area (TPSA) is 29.1 Å². The van der Waals surface area contributed by atoms with E-state index < -0.39 is 0 Å². The maximum Gasteiger partial charge on any atom is 0.152 e. The van der Waals surface area contributed by atoms with E-state index in [1.165, 1.54) is 0 Å². The second-order valence-corrected chi connectivity index (χ2v) is 2.85. The zero-order chi connectivity index (χ0) is 6.85. The molecule has 0 aromatic carbocycles. The van der Waals surface area contributed by atoms with Gasteiger partial charge in [0.1, 0.15) is 0 Å². The van der Waals surface area contributed by atoms with E-state index in [9.17, 15) is 4.79 Å². The van der Waals surface area contributed by atoms with Crippen LogP contribution in [0.3, 0.4) is 0 Å². The van der Waals surface area contributed by atoms with Gasteiger partial charge in [-0.2, -0.15) is 0 Å². The molecular weight excluding hydrogens is 114 g/mol. The third kappa shape index (κ3) is 1.30. The van der Waals surface area contributed by atoms with Gasteiger partial charge in [0, 0.05) is 5.92 Å². The molecule has 1 atom stereocenters. The SMILES string of the molecule is CC(C)C(=O)[C@@H]1CCN1. The standard InChI is InChI=1S/C7H13NO/c1-5(2)7(9)6-3-4-8-6/h5-6,8H,3-4H2,1-2H3/t6-/m0/s1. The zero-order valence-corrected chi connectivity index (χ0v) is 5.98. The Balaban J connectivity index is 2.32. The van der Waals surface area contributed by atoms with Crippen LogP contribution in [0.15, 0.2) is 0 Å². The minimum Gasteiger partial charge on any atom is -0.307 e. The van der Waals surface area contributed by atoms with Crippen LogP contribution < -0.4 is 5.32 Å². The summed E-state index contributed by atoms with van der Waals surface area (Å²) in [4.78, 5) is 11.1. The number of hydrogen-bond acceptors (Lipinski definition) is 2. The van der Waals surface area contributed by atoms with E-state index in [1.54, 1.807) is 0 Å². The van der Waals surface area contributed by atoms with Crippen LogP contribution in [0.1, 0.15) is 20.3 Å². The molecule has 1 rings (SSSR count). The van der Waals surface area contributed by atoms with E-state index in [4.69, 9.17) is 0 Å². The molecule has 52 valence electrons. The lowest BCUT2D eigenvalue weighted by atomic mass is 9.95. The van der Waals surface area contributed by atoms with Crippen LogP contribution >= 0.6 is 0 Å². The zero-order valence-electron chi connectivity index (χ0n) is 5.98. The molecule has 9 heavy (non-hydrogen) atoms. The molecule has 1 heterocycles. The molecule has 0 aromatic rings. The first-order chi connectivity index (χ1) is 4.22. The van der Waals surface area contributed by atoms with E-state index in [0.717, 1.165) is 13.0 Å². The summed E-state index contributed by atoms with van der Waals surface area (Å²) in [7, 11) is 0. The number of carbonyl (C=O) groups excluding carboxylic acids is 1. The van der Waals surface area contributed by atoms with Gasteiger partial charge in [0.2, 0.25) is 0 Å². The predicted octanol–water partition coefficient (Wildman–Crippen LogP) is 0.573. The fraction of sp³-hybridized carbons (Fsp3) is 0.857. The van der Waals surface area contributed by atoms with Gasteiger partial charge < -0.3 is 5.32 Å². The van der Waals surface area contributed by atoms with Gasteiger partial charge in [0.05, 0.1) is 6.04 Å². The fourth-order valence-corrected chi connectivity index (χ4v) is 0.934. The predicted molar refractivity (Wildman–Crippen MR) is 36.3 cm³/mol. The largest absolute Gasteiger partial charge is 0.307 e. The van der Waals surface area contributed by atoms with Crippen molar-refractivity contribution in [2.75, 3.05) is 6.54 Å². The Morgan fingerprint density at radius 1 is 1.67 bits per heavy atom. The lowest BCUT2D eigenvalue weighted by molar-refractivity contribution is -0.125. The number of carbonyl (C=O) groups is 1. The highest BCUT2D eigenvalue weighted by atomic mass is 16.1. The molecule has 2 nitrogen and oxygen atoms in total. The van der Waals surface area contributed by atoms with Gasteiger partial charge in [0.25, 0.3) is 0 Å². The molecule has 1 aliphatic heterocycles. The van der Waals surface area contributed by atoms with Gasteiger partial charge >= 0.3 is 0 Å². The van der Waals surface area contributed by atoms with E-state index in [2.05, 4.69) is 5.32 Å². The highest BCUT2D eigenvalue weighted by Crippen LogP contribution is 2.08. The lowest BCUT2D eigenvalue weighted by Crippen LogP contribution is -2.49. The van der Waals surface area contributed by atoms with E-state index >= 15 is 0 Å². The number of nitrogens with one attached hydrogen (secondary N) is 1. The molecule has 0 saturated carbocycles. The summed E-state index contributed by atoms with van der Waals surface area (Å²) in [6.07, 6.45) is 1.04. The first-order valence-electron chi connectivity index (χ1n) is 3.49. The average Bonchev–Trinajstić information content (AvgIpc) is 1.60. The lowest BCUT2D eigenvalue weighted by Gasteiger charge is -2.27. The summed E-state index contributed by atoms with van der Waals surface area (Å²) in [5.74, 6) is 0.559. The maximum absolute atomic E-state index is 11.1. The molecule has 0 aliphatic carbocycles. The van der Waals surface area contributed by atoms with Crippen molar-refractivity contribution in [1.82, 2.24) is 5.32 Å². The second-order valence-electron chi connectivity index (χ2n) is 2.85. The van der Waals surface area contributed by atoms with Crippen LogP contribution in [-0.2, 0) is 4.79 Å². The van der Waals surface area contributed by atoms with Crippen molar-refractivity contribution in [2.24, 2.45) is 5.92 Å². The maximum atomic E-state index is 11.1. The monoisotopic (exact) mass is 127 g/mol. The van der Waals surface area contributed by atoms with Crippen molar-refractivity contribution in [3.05, 3.63) is 0 Å². The Morgan fingerprint density at radius 2 is 2.22 bits per heavy atom. The van der Waals surface area contributed by atoms with Crippen molar-refractivity contribution in [1.29, 1.82) is 0 Å². The van der Waals surface area contributed by atoms with Crippen molar-refractivity contribution in [3.8, 4) is 0 Å². The molecule has 0 unspecified atom stereocenters. The van der Waals surface area contributed by atoms with Gasteiger partial charge in [-0.3, -0.25) is 4.79 Å². The molecule has 1 N–H and O–H groups in total. The van der Waals surface area contributed by atoms with Crippen molar-refractivity contribution in [3.63, 3.8) is 0 Å². The third-order valence-corrected chi connectivity index (χ3v) is 1.74. The molecule has 0 aromatic heterocycles. The average molecular weight is 127 g/mol. The molecule has 0 spiro atoms. The summed E-state index contributed by atoms with van der Waals surface area (Å²) in [5.41, 5.74) is 0. The molecule has 1 aliphatic rings. The fourth-order valence-electron chi connectivity index (χ4n) is 0.934. The summed E-state index contributed by atoms with van der Waals surface area (Å²) < 4.78 is 0. The van der Waals surface area contributed by atoms with Crippen LogP contribution in [0.4, 0.5) is 0 Å². The normalized spacial score (nSPS) is 25.9. The Labute approximate surface area is 55.6 Å². The number of Topliss-reactive ketones (excluding diaryl/α,β-unsaturated/α-hetero) is 1. The Morgan fingerprint density at radius 3 is 2.33 bits per heavy atom. The van der Waals surface area contributed by atoms with Crippen molar-refractivity contribution in [2.45, 2.75) is 26.3 Å². The molecule has 0 amide bonds. The first-order valence-corrected chi connectivity index (χ1v) is 3.49. The van der Waals surface area contributed by atoms with Crippen LogP contribution in [0.25, 0.3) is 0 Å². The van der Waals surface area contributed by atoms with Gasteiger partial charge in [0.15, 0.2) is 5.78 Å². The molecule has 1 fully saturated rings. The van der Waals surface area contributed by atoms with Gasteiger partial charge in [-0.1, -0.05) is 13.8 Å². The molecule has 2 heteroatoms. The van der Waals surface area contributed by atoms with Crippen molar-refractivity contribution >= 4 is 5.78 Å². The van der Waals surface area contributed by atoms with Crippen LogP contribution in [0.2, 0.25) is 0 Å². The van der Waals surface area contributed by atoms with E-state index in [-0.39, 0.29) is 12.0 Å². The van der Waals surface area contributed by atoms with E-state index in [0.29, 0.717) is 5.78 Å². The summed E-state index contributed by atoms with van der Waals surface area (Å²) in [6.45, 7) is 4.91. The van der Waals surface area contributed by atoms with E-state index in [1.807, 2.05) is 13.8 Å². The van der Waals surface area contributed by atoms with Gasteiger partial charge in [-0.05, 0) is 13.0 Å². The minimum atomic E-state index is 0.185. The molecule has 1 saturated heterocycles. The Bertz CT molecular complexity index is 116. The molecule has 0 bridgehead atoms. The quantitative estimate of drug-likeness (QED) is 0.587. The van der Waals surface area contributed by atoms with Crippen LogP contribution in [0.5, 0.6) is 0 Å². The molecular formula is C7H13NO. The summed E-state index contributed by atoms with van der Waals surface area (Å²) >= 11 is 0. The van der Waals surface area contributed by atoms with Crippen LogP contribution in [0, 0.1) is 5.92 Å². The highest BCUT2D eigenvalue weighted by molar-refractivity contribution is 5.86. The summed E-state index contributed by atoms with van der Waals surface area (Å²) in [5, 5.41) is 3.08. The molecule has 0 radical (unpaired) electrons. The Kier molecular flexibility index (Phi) is 1.86. The van der Waals surface area contributed by atoms with Gasteiger partial charge in [-0.15, -0.1) is 0 Å².